The Bertz CT molecular complexity index is 619. The van der Waals surface area contributed by atoms with Gasteiger partial charge in [0.2, 0.25) is 5.91 Å². The van der Waals surface area contributed by atoms with E-state index in [1.54, 1.807) is 24.8 Å². The number of aromatic amines is 1. The van der Waals surface area contributed by atoms with Crippen LogP contribution in [0, 0.1) is 0 Å². The van der Waals surface area contributed by atoms with Crippen LogP contribution in [0.3, 0.4) is 0 Å². The fourth-order valence-corrected chi connectivity index (χ4v) is 2.02. The second-order valence-corrected chi connectivity index (χ2v) is 4.49. The average molecular weight is 275 g/mol. The molecule has 104 valence electrons. The third-order valence-corrected chi connectivity index (χ3v) is 3.04. The van der Waals surface area contributed by atoms with Gasteiger partial charge in [-0.25, -0.2) is 4.79 Å². The fourth-order valence-electron chi connectivity index (χ4n) is 2.02. The molecular formula is C12H13N5O3. The minimum absolute atomic E-state index is 0.0572. The summed E-state index contributed by atoms with van der Waals surface area (Å²) >= 11 is 0. The normalized spacial score (nSPS) is 18.0. The molecule has 0 unspecified atom stereocenters. The molecule has 1 saturated heterocycles. The number of H-pyrrole nitrogens is 1. The van der Waals surface area contributed by atoms with Gasteiger partial charge in [0, 0.05) is 29.9 Å². The molecular weight excluding hydrogens is 262 g/mol. The number of carbonyl (C=O) groups is 2. The van der Waals surface area contributed by atoms with Crippen molar-refractivity contribution in [1.82, 2.24) is 25.3 Å². The summed E-state index contributed by atoms with van der Waals surface area (Å²) in [4.78, 5) is 23.1. The zero-order valence-electron chi connectivity index (χ0n) is 10.6. The smallest absolute Gasteiger partial charge is 0.328 e. The molecule has 3 heterocycles. The third-order valence-electron chi connectivity index (χ3n) is 3.04. The van der Waals surface area contributed by atoms with Gasteiger partial charge < -0.3 is 10.1 Å². The zero-order chi connectivity index (χ0) is 13.9. The highest BCUT2D eigenvalue weighted by atomic mass is 16.5. The number of carbonyl (C=O) groups excluding carboxylic acids is 2. The monoisotopic (exact) mass is 275 g/mol. The van der Waals surface area contributed by atoms with Gasteiger partial charge in [-0.2, -0.15) is 10.2 Å². The lowest BCUT2D eigenvalue weighted by molar-refractivity contribution is -0.141. The molecule has 0 aliphatic carbocycles. The first-order chi connectivity index (χ1) is 9.72. The molecule has 1 fully saturated rings. The molecule has 0 aromatic carbocycles. The molecule has 0 radical (unpaired) electrons. The van der Waals surface area contributed by atoms with Crippen molar-refractivity contribution in [3.63, 3.8) is 0 Å². The maximum Gasteiger partial charge on any atom is 0.328 e. The Morgan fingerprint density at radius 1 is 1.50 bits per heavy atom. The molecule has 2 aromatic rings. The van der Waals surface area contributed by atoms with E-state index in [0.717, 1.165) is 11.1 Å². The molecule has 1 aliphatic heterocycles. The van der Waals surface area contributed by atoms with Crippen molar-refractivity contribution in [3.05, 3.63) is 24.8 Å². The van der Waals surface area contributed by atoms with Crippen LogP contribution in [0.2, 0.25) is 0 Å². The van der Waals surface area contributed by atoms with Gasteiger partial charge in [-0.1, -0.05) is 0 Å². The molecule has 1 atom stereocenters. The second-order valence-electron chi connectivity index (χ2n) is 4.49. The van der Waals surface area contributed by atoms with Crippen LogP contribution in [0.25, 0.3) is 11.1 Å². The lowest BCUT2D eigenvalue weighted by atomic mass is 10.2. The third kappa shape index (κ3) is 2.53. The predicted molar refractivity (Wildman–Crippen MR) is 67.3 cm³/mol. The number of hydrogen-bond donors (Lipinski definition) is 2. The number of ether oxygens (including phenoxy) is 1. The fraction of sp³-hybridized carbons (Fsp3) is 0.333. The van der Waals surface area contributed by atoms with Crippen LogP contribution in [0.1, 0.15) is 6.42 Å². The number of nitrogens with one attached hydrogen (secondary N) is 2. The Labute approximate surface area is 114 Å². The number of esters is 1. The first kappa shape index (κ1) is 12.4. The lowest BCUT2D eigenvalue weighted by Gasteiger charge is -2.08. The van der Waals surface area contributed by atoms with Crippen molar-refractivity contribution in [2.45, 2.75) is 19.0 Å². The summed E-state index contributed by atoms with van der Waals surface area (Å²) in [5.74, 6) is -0.645. The van der Waals surface area contributed by atoms with E-state index in [1.807, 2.05) is 0 Å². The van der Waals surface area contributed by atoms with Gasteiger partial charge in [0.05, 0.1) is 19.0 Å². The first-order valence-corrected chi connectivity index (χ1v) is 6.20. The number of hydrogen-bond acceptors (Lipinski definition) is 5. The van der Waals surface area contributed by atoms with Gasteiger partial charge in [-0.05, 0) is 0 Å². The van der Waals surface area contributed by atoms with Gasteiger partial charge in [0.25, 0.3) is 0 Å². The van der Waals surface area contributed by atoms with Crippen LogP contribution in [0.4, 0.5) is 0 Å². The number of aromatic nitrogens is 4. The van der Waals surface area contributed by atoms with E-state index in [9.17, 15) is 9.59 Å². The molecule has 8 heteroatoms. The first-order valence-electron chi connectivity index (χ1n) is 6.20. The molecule has 0 spiro atoms. The molecule has 1 amide bonds. The number of rotatable bonds is 4. The Morgan fingerprint density at radius 3 is 3.10 bits per heavy atom. The minimum atomic E-state index is -0.536. The quantitative estimate of drug-likeness (QED) is 0.746. The molecule has 0 bridgehead atoms. The Morgan fingerprint density at radius 2 is 2.40 bits per heavy atom. The molecule has 0 saturated carbocycles. The summed E-state index contributed by atoms with van der Waals surface area (Å²) in [6.45, 7) is 0.415. The molecule has 2 aromatic heterocycles. The van der Waals surface area contributed by atoms with E-state index in [1.165, 1.54) is 4.68 Å². The van der Waals surface area contributed by atoms with Gasteiger partial charge >= 0.3 is 5.97 Å². The highest BCUT2D eigenvalue weighted by molar-refractivity contribution is 5.85. The van der Waals surface area contributed by atoms with Crippen LogP contribution >= 0.6 is 0 Å². The highest BCUT2D eigenvalue weighted by Crippen LogP contribution is 2.15. The van der Waals surface area contributed by atoms with Crippen molar-refractivity contribution in [2.75, 3.05) is 6.61 Å². The predicted octanol–water partition coefficient (Wildman–Crippen LogP) is -0.295. The summed E-state index contributed by atoms with van der Waals surface area (Å²) in [7, 11) is 0. The van der Waals surface area contributed by atoms with Crippen LogP contribution < -0.4 is 5.32 Å². The topological polar surface area (TPSA) is 102 Å². The highest BCUT2D eigenvalue weighted by Gasteiger charge is 2.27. The van der Waals surface area contributed by atoms with Gasteiger partial charge in [-0.15, -0.1) is 0 Å². The minimum Gasteiger partial charge on any atom is -0.464 e. The van der Waals surface area contributed by atoms with E-state index >= 15 is 0 Å². The Hall–Kier alpha value is -2.64. The van der Waals surface area contributed by atoms with Crippen LogP contribution in [0.5, 0.6) is 0 Å². The van der Waals surface area contributed by atoms with Crippen LogP contribution in [-0.2, 0) is 20.9 Å². The molecule has 1 aliphatic rings. The van der Waals surface area contributed by atoms with Gasteiger partial charge in [0.15, 0.2) is 0 Å². The number of amides is 1. The standard InChI is InChI=1S/C12H13N5O3/c18-11(16-10-1-2-20-12(10)19)7-17-6-9(5-15-17)8-3-13-14-4-8/h3-6,10H,1-2,7H2,(H,13,14)(H,16,18)/t10-/m1/s1. The van der Waals surface area contributed by atoms with Crippen molar-refractivity contribution in [3.8, 4) is 11.1 Å². The lowest BCUT2D eigenvalue weighted by Crippen LogP contribution is -2.39. The van der Waals surface area contributed by atoms with Gasteiger partial charge in [-0.3, -0.25) is 14.6 Å². The van der Waals surface area contributed by atoms with Crippen LogP contribution in [-0.4, -0.2) is 44.5 Å². The second kappa shape index (κ2) is 5.16. The zero-order valence-corrected chi connectivity index (χ0v) is 10.6. The maximum absolute atomic E-state index is 11.8. The molecule has 8 nitrogen and oxygen atoms in total. The summed E-state index contributed by atoms with van der Waals surface area (Å²) < 4.78 is 6.29. The summed E-state index contributed by atoms with van der Waals surface area (Å²) in [6.07, 6.45) is 7.34. The van der Waals surface area contributed by atoms with Crippen molar-refractivity contribution < 1.29 is 14.3 Å². The Kier molecular flexibility index (Phi) is 3.20. The summed E-state index contributed by atoms with van der Waals surface area (Å²) in [6, 6.07) is -0.536. The maximum atomic E-state index is 11.8. The van der Waals surface area contributed by atoms with E-state index in [0.29, 0.717) is 13.0 Å². The SMILES string of the molecule is O=C(Cn1cc(-c2cn[nH]c2)cn1)N[C@@H]1CCOC1=O. The molecule has 3 rings (SSSR count). The summed E-state index contributed by atoms with van der Waals surface area (Å²) in [5.41, 5.74) is 1.77. The van der Waals surface area contributed by atoms with Crippen molar-refractivity contribution in [2.24, 2.45) is 0 Å². The van der Waals surface area contributed by atoms with Gasteiger partial charge in [0.1, 0.15) is 12.6 Å². The van der Waals surface area contributed by atoms with Crippen molar-refractivity contribution >= 4 is 11.9 Å². The van der Waals surface area contributed by atoms with E-state index in [-0.39, 0.29) is 18.4 Å². The van der Waals surface area contributed by atoms with E-state index in [2.05, 4.69) is 20.6 Å². The Balaban J connectivity index is 1.60. The molecule has 2 N–H and O–H groups in total. The summed E-state index contributed by atoms with van der Waals surface area (Å²) in [5, 5.41) is 13.3. The number of cyclic esters (lactones) is 1. The van der Waals surface area contributed by atoms with E-state index < -0.39 is 6.04 Å². The molecule has 20 heavy (non-hydrogen) atoms. The van der Waals surface area contributed by atoms with Crippen molar-refractivity contribution in [1.29, 1.82) is 0 Å². The van der Waals surface area contributed by atoms with Crippen LogP contribution in [0.15, 0.2) is 24.8 Å². The number of nitrogens with zero attached hydrogens (tertiary/aromatic N) is 3. The average Bonchev–Trinajstić information content (AvgIpc) is 3.12. The largest absolute Gasteiger partial charge is 0.464 e. The van der Waals surface area contributed by atoms with E-state index in [4.69, 9.17) is 4.74 Å².